The summed E-state index contributed by atoms with van der Waals surface area (Å²) in [5.41, 5.74) is 9.70. The summed E-state index contributed by atoms with van der Waals surface area (Å²) in [6.45, 7) is 6.42. The van der Waals surface area contributed by atoms with E-state index in [0.717, 1.165) is 65.0 Å². The van der Waals surface area contributed by atoms with Crippen LogP contribution in [0, 0.1) is 25.2 Å². The van der Waals surface area contributed by atoms with Crippen molar-refractivity contribution in [3.63, 3.8) is 0 Å². The molecule has 4 aromatic rings. The largest absolute Gasteiger partial charge is 0.438 e. The monoisotopic (exact) mass is 537 g/mol. The van der Waals surface area contributed by atoms with E-state index in [1.54, 1.807) is 12.3 Å². The first-order valence-electron chi connectivity index (χ1n) is 13.2. The Kier molecular flexibility index (Phi) is 7.98. The van der Waals surface area contributed by atoms with E-state index < -0.39 is 5.91 Å². The molecule has 11 nitrogen and oxygen atoms in total. The van der Waals surface area contributed by atoms with Crippen LogP contribution in [-0.4, -0.2) is 54.9 Å². The van der Waals surface area contributed by atoms with Gasteiger partial charge in [0.25, 0.3) is 0 Å². The van der Waals surface area contributed by atoms with Crippen LogP contribution >= 0.6 is 0 Å². The molecule has 0 atom stereocenters. The molecule has 0 radical (unpaired) electrons. The van der Waals surface area contributed by atoms with Gasteiger partial charge in [-0.05, 0) is 73.7 Å². The van der Waals surface area contributed by atoms with E-state index in [1.807, 2.05) is 56.3 Å². The normalized spacial score (nSPS) is 14.4. The minimum atomic E-state index is -0.444. The number of carbonyl (C=O) groups is 1. The molecule has 3 heterocycles. The second-order valence-electron chi connectivity index (χ2n) is 9.99. The lowest BCUT2D eigenvalue weighted by molar-refractivity contribution is -0.118. The maximum atomic E-state index is 11.1. The molecule has 1 amide bonds. The summed E-state index contributed by atoms with van der Waals surface area (Å²) in [4.78, 5) is 23.0. The van der Waals surface area contributed by atoms with Crippen molar-refractivity contribution in [1.29, 1.82) is 5.26 Å². The molecule has 1 aliphatic heterocycles. The molecule has 0 unspecified atom stereocenters. The van der Waals surface area contributed by atoms with Gasteiger partial charge in [-0.15, -0.1) is 5.10 Å². The van der Waals surface area contributed by atoms with Crippen molar-refractivity contribution in [2.45, 2.75) is 45.8 Å². The highest BCUT2D eigenvalue weighted by molar-refractivity contribution is 5.85. The highest BCUT2D eigenvalue weighted by Crippen LogP contribution is 2.34. The number of allylic oxidation sites excluding steroid dienone is 1. The maximum absolute atomic E-state index is 11.1. The summed E-state index contributed by atoms with van der Waals surface area (Å²) in [6, 6.07) is 14.0. The van der Waals surface area contributed by atoms with E-state index >= 15 is 0 Å². The number of nitrogens with one attached hydrogen (secondary N) is 1. The van der Waals surface area contributed by atoms with Gasteiger partial charge in [-0.3, -0.25) is 9.69 Å². The molecule has 40 heavy (non-hydrogen) atoms. The van der Waals surface area contributed by atoms with Crippen LogP contribution in [0.15, 0.2) is 48.7 Å². The number of piperidine rings is 1. The minimum absolute atomic E-state index is 0.0284. The molecular formula is C29H31N9O2. The fourth-order valence-corrected chi connectivity index (χ4v) is 4.96. The van der Waals surface area contributed by atoms with Crippen molar-refractivity contribution in [2.75, 3.05) is 18.4 Å². The molecule has 2 aromatic carbocycles. The molecule has 5 rings (SSSR count). The number of nitriles is 1. The number of fused-ring (bicyclic) bond motifs is 1. The Morgan fingerprint density at radius 2 is 1.95 bits per heavy atom. The molecule has 1 saturated heterocycles. The summed E-state index contributed by atoms with van der Waals surface area (Å²) in [5.74, 6) is 1.33. The van der Waals surface area contributed by atoms with Crippen LogP contribution in [-0.2, 0) is 17.9 Å². The van der Waals surface area contributed by atoms with Crippen molar-refractivity contribution >= 4 is 28.8 Å². The lowest BCUT2D eigenvalue weighted by Crippen LogP contribution is -2.39. The van der Waals surface area contributed by atoms with Gasteiger partial charge in [0.1, 0.15) is 12.3 Å². The number of likely N-dealkylation sites (tertiary alicyclic amines) is 1. The van der Waals surface area contributed by atoms with Crippen LogP contribution in [0.4, 0.5) is 5.95 Å². The number of aromatic nitrogens is 5. The predicted molar refractivity (Wildman–Crippen MR) is 151 cm³/mol. The topological polar surface area (TPSA) is 148 Å². The number of amides is 1. The summed E-state index contributed by atoms with van der Waals surface area (Å²) in [6.07, 6.45) is 6.84. The van der Waals surface area contributed by atoms with E-state index in [-0.39, 0.29) is 12.6 Å². The number of primary amides is 1. The van der Waals surface area contributed by atoms with Crippen molar-refractivity contribution in [1.82, 2.24) is 29.9 Å². The molecule has 0 spiro atoms. The van der Waals surface area contributed by atoms with E-state index in [1.165, 1.54) is 10.8 Å². The van der Waals surface area contributed by atoms with E-state index in [2.05, 4.69) is 20.5 Å². The van der Waals surface area contributed by atoms with Gasteiger partial charge in [0.15, 0.2) is 0 Å². The SMILES string of the molecule is Cc1cc(/C=C/C#N)cc(C)c1Oc1nc(NC2CCN(Cc3cn(CC(N)=O)nn3)CC2)nc2ccccc12. The van der Waals surface area contributed by atoms with Gasteiger partial charge in [0.2, 0.25) is 17.7 Å². The molecule has 1 fully saturated rings. The molecule has 11 heteroatoms. The first-order valence-corrected chi connectivity index (χ1v) is 13.2. The predicted octanol–water partition coefficient (Wildman–Crippen LogP) is 3.73. The number of aryl methyl sites for hydroxylation is 2. The number of benzene rings is 2. The number of rotatable bonds is 9. The molecule has 0 aliphatic carbocycles. The number of nitrogens with zero attached hydrogens (tertiary/aromatic N) is 7. The first-order chi connectivity index (χ1) is 19.4. The summed E-state index contributed by atoms with van der Waals surface area (Å²) in [7, 11) is 0. The zero-order valence-electron chi connectivity index (χ0n) is 22.5. The van der Waals surface area contributed by atoms with Gasteiger partial charge >= 0.3 is 0 Å². The molecule has 2 aromatic heterocycles. The first kappa shape index (κ1) is 26.8. The number of anilines is 1. The number of para-hydroxylation sites is 1. The lowest BCUT2D eigenvalue weighted by atomic mass is 10.1. The Morgan fingerprint density at radius 3 is 2.67 bits per heavy atom. The van der Waals surface area contributed by atoms with Crippen molar-refractivity contribution in [3.8, 4) is 17.7 Å². The number of hydrogen-bond donors (Lipinski definition) is 2. The third-order valence-electron chi connectivity index (χ3n) is 6.81. The highest BCUT2D eigenvalue weighted by Gasteiger charge is 2.22. The standard InChI is InChI=1S/C29H31N9O2/c1-19-14-21(6-5-11-30)15-20(2)27(19)40-28-24-7-3-4-8-25(24)33-29(34-28)32-22-9-12-37(13-10-22)16-23-17-38(36-35-23)18-26(31)39/h3-8,14-15,17,22H,9-10,12-13,16,18H2,1-2H3,(H2,31,39)(H,32,33,34)/b6-5+. The summed E-state index contributed by atoms with van der Waals surface area (Å²) in [5, 5.41) is 21.3. The average molecular weight is 538 g/mol. The Morgan fingerprint density at radius 1 is 1.20 bits per heavy atom. The zero-order chi connectivity index (χ0) is 28.1. The minimum Gasteiger partial charge on any atom is -0.438 e. The summed E-state index contributed by atoms with van der Waals surface area (Å²) >= 11 is 0. The number of ether oxygens (including phenoxy) is 1. The third kappa shape index (κ3) is 6.42. The van der Waals surface area contributed by atoms with Gasteiger partial charge in [-0.2, -0.15) is 10.2 Å². The third-order valence-corrected chi connectivity index (χ3v) is 6.81. The van der Waals surface area contributed by atoms with Crippen LogP contribution in [0.2, 0.25) is 0 Å². The molecule has 204 valence electrons. The molecular weight excluding hydrogens is 506 g/mol. The number of nitrogens with two attached hydrogens (primary N) is 1. The zero-order valence-corrected chi connectivity index (χ0v) is 22.5. The van der Waals surface area contributed by atoms with E-state index in [9.17, 15) is 4.79 Å². The van der Waals surface area contributed by atoms with Crippen LogP contribution in [0.25, 0.3) is 17.0 Å². The lowest BCUT2D eigenvalue weighted by Gasteiger charge is -2.31. The molecule has 1 aliphatic rings. The Bertz CT molecular complexity index is 1570. The van der Waals surface area contributed by atoms with Gasteiger partial charge in [0, 0.05) is 31.8 Å². The molecule has 0 saturated carbocycles. The highest BCUT2D eigenvalue weighted by atomic mass is 16.5. The van der Waals surface area contributed by atoms with Gasteiger partial charge < -0.3 is 15.8 Å². The van der Waals surface area contributed by atoms with Crippen molar-refractivity contribution < 1.29 is 9.53 Å². The second-order valence-corrected chi connectivity index (χ2v) is 9.99. The fraction of sp³-hybridized carbons (Fsp3) is 0.310. The van der Waals surface area contributed by atoms with Gasteiger partial charge in [0.05, 0.1) is 28.9 Å². The number of hydrogen-bond acceptors (Lipinski definition) is 9. The van der Waals surface area contributed by atoms with E-state index in [4.69, 9.17) is 25.7 Å². The smallest absolute Gasteiger partial charge is 0.239 e. The van der Waals surface area contributed by atoms with E-state index in [0.29, 0.717) is 18.4 Å². The Hall–Kier alpha value is -4.82. The number of carbonyl (C=O) groups excluding carboxylic acids is 1. The van der Waals surface area contributed by atoms with Gasteiger partial charge in [-0.1, -0.05) is 17.3 Å². The van der Waals surface area contributed by atoms with Crippen LogP contribution in [0.1, 0.15) is 35.2 Å². The van der Waals surface area contributed by atoms with Crippen molar-refractivity contribution in [3.05, 3.63) is 71.1 Å². The molecule has 0 bridgehead atoms. The Labute approximate surface area is 232 Å². The van der Waals surface area contributed by atoms with Crippen molar-refractivity contribution in [2.24, 2.45) is 5.73 Å². The Balaban J connectivity index is 1.28. The van der Waals surface area contributed by atoms with Crippen LogP contribution in [0.3, 0.4) is 0 Å². The molecule has 3 N–H and O–H groups in total. The quantitative estimate of drug-likeness (QED) is 0.305. The fourth-order valence-electron chi connectivity index (χ4n) is 4.96. The summed E-state index contributed by atoms with van der Waals surface area (Å²) < 4.78 is 7.88. The van der Waals surface area contributed by atoms with Crippen LogP contribution < -0.4 is 15.8 Å². The maximum Gasteiger partial charge on any atom is 0.239 e. The second kappa shape index (κ2) is 11.9. The van der Waals surface area contributed by atoms with Crippen LogP contribution in [0.5, 0.6) is 11.6 Å². The van der Waals surface area contributed by atoms with Gasteiger partial charge in [-0.25, -0.2) is 9.67 Å². The average Bonchev–Trinajstić information content (AvgIpc) is 3.36.